The Kier molecular flexibility index (Phi) is 4.23. The highest BCUT2D eigenvalue weighted by Gasteiger charge is 2.12. The van der Waals surface area contributed by atoms with Crippen LogP contribution in [0.1, 0.15) is 12.0 Å². The van der Waals surface area contributed by atoms with Gasteiger partial charge in [0.2, 0.25) is 0 Å². The Morgan fingerprint density at radius 2 is 1.55 bits per heavy atom. The molecule has 1 unspecified atom stereocenters. The van der Waals surface area contributed by atoms with Crippen LogP contribution < -0.4 is 0 Å². The second-order valence-corrected chi connectivity index (χ2v) is 7.07. The number of allylic oxidation sites excluding steroid dienone is 4. The number of hydrogen-bond donors (Lipinski definition) is 0. The van der Waals surface area contributed by atoms with Gasteiger partial charge < -0.3 is 0 Å². The van der Waals surface area contributed by atoms with Crippen LogP contribution >= 0.6 is 31.9 Å². The van der Waals surface area contributed by atoms with Gasteiger partial charge in [-0.2, -0.15) is 0 Å². The van der Waals surface area contributed by atoms with Crippen molar-refractivity contribution in [2.45, 2.75) is 11.2 Å². The maximum atomic E-state index is 3.68. The molecule has 0 fully saturated rings. The average molecular weight is 390 g/mol. The Bertz CT molecular complexity index is 669. The summed E-state index contributed by atoms with van der Waals surface area (Å²) in [5.41, 5.74) is 5.03. The molecule has 100 valence electrons. The highest BCUT2D eigenvalue weighted by molar-refractivity contribution is 9.12. The van der Waals surface area contributed by atoms with E-state index in [2.05, 4.69) is 92.5 Å². The highest BCUT2D eigenvalue weighted by atomic mass is 79.9. The molecule has 0 nitrogen and oxygen atoms in total. The quantitative estimate of drug-likeness (QED) is 0.537. The first kappa shape index (κ1) is 13.8. The second kappa shape index (κ2) is 6.11. The molecule has 0 radical (unpaired) electrons. The molecule has 2 heteroatoms. The molecule has 0 heterocycles. The molecule has 0 aromatic heterocycles. The normalized spacial score (nSPS) is 18.4. The summed E-state index contributed by atoms with van der Waals surface area (Å²) in [5.74, 6) is 0. The molecule has 0 amide bonds. The van der Waals surface area contributed by atoms with Gasteiger partial charge in [0, 0.05) is 4.83 Å². The molecule has 0 aliphatic heterocycles. The van der Waals surface area contributed by atoms with Crippen LogP contribution in [0.25, 0.3) is 16.7 Å². The molecule has 0 saturated heterocycles. The lowest BCUT2D eigenvalue weighted by Gasteiger charge is -2.15. The summed E-state index contributed by atoms with van der Waals surface area (Å²) in [6.45, 7) is 0. The minimum atomic E-state index is 0.400. The van der Waals surface area contributed by atoms with Crippen molar-refractivity contribution < 1.29 is 0 Å². The summed E-state index contributed by atoms with van der Waals surface area (Å²) < 4.78 is 1.24. The first-order valence-electron chi connectivity index (χ1n) is 6.60. The van der Waals surface area contributed by atoms with Gasteiger partial charge >= 0.3 is 0 Å². The van der Waals surface area contributed by atoms with Gasteiger partial charge in [-0.3, -0.25) is 0 Å². The van der Waals surface area contributed by atoms with Crippen molar-refractivity contribution in [3.05, 3.63) is 76.8 Å². The topological polar surface area (TPSA) is 0 Å². The van der Waals surface area contributed by atoms with E-state index in [-0.39, 0.29) is 0 Å². The van der Waals surface area contributed by atoms with Crippen LogP contribution in [0.15, 0.2) is 71.2 Å². The lowest BCUT2D eigenvalue weighted by molar-refractivity contribution is 1.07. The molecule has 1 atom stereocenters. The van der Waals surface area contributed by atoms with Gasteiger partial charge in [-0.25, -0.2) is 0 Å². The van der Waals surface area contributed by atoms with Gasteiger partial charge in [0.1, 0.15) is 0 Å². The molecule has 0 N–H and O–H groups in total. The van der Waals surface area contributed by atoms with Crippen molar-refractivity contribution in [1.82, 2.24) is 0 Å². The van der Waals surface area contributed by atoms with Crippen molar-refractivity contribution in [2.75, 3.05) is 0 Å². The van der Waals surface area contributed by atoms with Crippen molar-refractivity contribution in [1.29, 1.82) is 0 Å². The molecule has 0 saturated carbocycles. The monoisotopic (exact) mass is 388 g/mol. The van der Waals surface area contributed by atoms with Gasteiger partial charge in [-0.05, 0) is 45.3 Å². The molecule has 1 aliphatic carbocycles. The maximum absolute atomic E-state index is 3.68. The van der Waals surface area contributed by atoms with E-state index in [0.717, 1.165) is 6.42 Å². The third kappa shape index (κ3) is 3.13. The van der Waals surface area contributed by atoms with Crippen molar-refractivity contribution >= 4 is 37.4 Å². The van der Waals surface area contributed by atoms with E-state index < -0.39 is 0 Å². The fraction of sp³-hybridized carbons (Fsp3) is 0.111. The van der Waals surface area contributed by atoms with Crippen molar-refractivity contribution in [3.63, 3.8) is 0 Å². The zero-order valence-electron chi connectivity index (χ0n) is 10.9. The number of alkyl halides is 1. The highest BCUT2D eigenvalue weighted by Crippen LogP contribution is 2.33. The van der Waals surface area contributed by atoms with Crippen LogP contribution in [-0.2, 0) is 0 Å². The third-order valence-electron chi connectivity index (χ3n) is 3.37. The minimum absolute atomic E-state index is 0.400. The fourth-order valence-corrected chi connectivity index (χ4v) is 4.07. The summed E-state index contributed by atoms with van der Waals surface area (Å²) >= 11 is 7.30. The summed E-state index contributed by atoms with van der Waals surface area (Å²) in [7, 11) is 0. The van der Waals surface area contributed by atoms with Gasteiger partial charge in [-0.1, -0.05) is 86.5 Å². The summed E-state index contributed by atoms with van der Waals surface area (Å²) in [5, 5.41) is 0. The van der Waals surface area contributed by atoms with E-state index >= 15 is 0 Å². The summed E-state index contributed by atoms with van der Waals surface area (Å²) in [4.78, 5) is 0.400. The zero-order valence-corrected chi connectivity index (χ0v) is 14.1. The molecule has 3 rings (SSSR count). The molecule has 2 aromatic rings. The number of benzene rings is 2. The van der Waals surface area contributed by atoms with Crippen LogP contribution in [0.2, 0.25) is 0 Å². The van der Waals surface area contributed by atoms with E-state index in [0.29, 0.717) is 4.83 Å². The number of halogens is 2. The minimum Gasteiger partial charge on any atom is -0.0841 e. The predicted molar refractivity (Wildman–Crippen MR) is 94.2 cm³/mol. The van der Waals surface area contributed by atoms with Gasteiger partial charge in [0.15, 0.2) is 0 Å². The van der Waals surface area contributed by atoms with Crippen LogP contribution in [0.3, 0.4) is 0 Å². The average Bonchev–Trinajstić information content (AvgIpc) is 2.47. The summed E-state index contributed by atoms with van der Waals surface area (Å²) in [6, 6.07) is 19.2. The first-order valence-corrected chi connectivity index (χ1v) is 8.31. The van der Waals surface area contributed by atoms with E-state index in [4.69, 9.17) is 0 Å². The lowest BCUT2D eigenvalue weighted by atomic mass is 9.96. The van der Waals surface area contributed by atoms with E-state index in [1.807, 2.05) is 6.07 Å². The van der Waals surface area contributed by atoms with Crippen LogP contribution in [-0.4, -0.2) is 4.83 Å². The summed E-state index contributed by atoms with van der Waals surface area (Å²) in [6.07, 6.45) is 5.50. The number of rotatable bonds is 2. The predicted octanol–water partition coefficient (Wildman–Crippen LogP) is 6.18. The lowest BCUT2D eigenvalue weighted by Crippen LogP contribution is -2.00. The van der Waals surface area contributed by atoms with Crippen molar-refractivity contribution in [3.8, 4) is 11.1 Å². The Morgan fingerprint density at radius 3 is 2.30 bits per heavy atom. The van der Waals surface area contributed by atoms with Crippen LogP contribution in [0.4, 0.5) is 0 Å². The molecule has 1 aliphatic rings. The molecule has 0 bridgehead atoms. The first-order chi connectivity index (χ1) is 9.72. The number of hydrogen-bond acceptors (Lipinski definition) is 0. The van der Waals surface area contributed by atoms with Crippen molar-refractivity contribution in [2.24, 2.45) is 0 Å². The molecule has 0 spiro atoms. The van der Waals surface area contributed by atoms with E-state index in [1.54, 1.807) is 0 Å². The fourth-order valence-electron chi connectivity index (χ4n) is 2.40. The molecule has 2 aromatic carbocycles. The van der Waals surface area contributed by atoms with Gasteiger partial charge in [0.25, 0.3) is 0 Å². The van der Waals surface area contributed by atoms with E-state index in [1.165, 1.54) is 26.7 Å². The Labute approximate surface area is 136 Å². The molecular formula is C18H14Br2. The largest absolute Gasteiger partial charge is 0.0841 e. The third-order valence-corrected chi connectivity index (χ3v) is 4.51. The zero-order chi connectivity index (χ0) is 13.9. The van der Waals surface area contributed by atoms with Gasteiger partial charge in [-0.15, -0.1) is 0 Å². The van der Waals surface area contributed by atoms with Gasteiger partial charge in [0.05, 0.1) is 0 Å². The van der Waals surface area contributed by atoms with E-state index in [9.17, 15) is 0 Å². The maximum Gasteiger partial charge on any atom is 0.0379 e. The van der Waals surface area contributed by atoms with Crippen LogP contribution in [0.5, 0.6) is 0 Å². The smallest absolute Gasteiger partial charge is 0.0379 e. The SMILES string of the molecule is BrC1=CC(c2cccc(-c3ccccc3)c2)=CC(Br)C1. The Balaban J connectivity index is 2.00. The standard InChI is InChI=1S/C18H14Br2/c19-17-10-16(11-18(20)12-17)15-8-4-7-14(9-15)13-5-2-1-3-6-13/h1-11,17H,12H2. The molecular weight excluding hydrogens is 376 g/mol. The van der Waals surface area contributed by atoms with Crippen LogP contribution in [0, 0.1) is 0 Å². The molecule has 20 heavy (non-hydrogen) atoms. The Hall–Kier alpha value is -1.12. The Morgan fingerprint density at radius 1 is 0.850 bits per heavy atom. The second-order valence-electron chi connectivity index (χ2n) is 4.88.